The Labute approximate surface area is 167 Å². The van der Waals surface area contributed by atoms with Crippen LogP contribution in [0.15, 0.2) is 28.7 Å². The number of nitrogens with zero attached hydrogens (tertiary/aromatic N) is 3. The van der Waals surface area contributed by atoms with Crippen LogP contribution >= 0.6 is 0 Å². The number of hydrogen-bond donors (Lipinski definition) is 0. The van der Waals surface area contributed by atoms with Gasteiger partial charge in [0.15, 0.2) is 9.84 Å². The summed E-state index contributed by atoms with van der Waals surface area (Å²) < 4.78 is 35.1. The molecule has 0 bridgehead atoms. The smallest absolute Gasteiger partial charge is 0.247 e. The Morgan fingerprint density at radius 3 is 2.61 bits per heavy atom. The van der Waals surface area contributed by atoms with Crippen LogP contribution in [-0.4, -0.2) is 54.2 Å². The summed E-state index contributed by atoms with van der Waals surface area (Å²) in [5, 5.41) is 8.32. The monoisotopic (exact) mass is 407 g/mol. The average Bonchev–Trinajstić information content (AvgIpc) is 3.28. The first-order valence-electron chi connectivity index (χ1n) is 10.0. The largest absolute Gasteiger partial charge is 0.494 e. The van der Waals surface area contributed by atoms with Crippen LogP contribution in [0, 0.1) is 0 Å². The van der Waals surface area contributed by atoms with Crippen molar-refractivity contribution < 1.29 is 17.6 Å². The maximum atomic E-state index is 11.8. The van der Waals surface area contributed by atoms with Crippen LogP contribution in [0.1, 0.15) is 45.4 Å². The summed E-state index contributed by atoms with van der Waals surface area (Å²) in [5.41, 5.74) is 0.840. The lowest BCUT2D eigenvalue weighted by Gasteiger charge is -2.25. The zero-order valence-corrected chi connectivity index (χ0v) is 17.5. The van der Waals surface area contributed by atoms with E-state index < -0.39 is 9.84 Å². The second kappa shape index (κ2) is 9.52. The fraction of sp³-hybridized carbons (Fsp3) is 0.600. The van der Waals surface area contributed by atoms with Gasteiger partial charge in [-0.3, -0.25) is 4.90 Å². The fourth-order valence-electron chi connectivity index (χ4n) is 3.38. The van der Waals surface area contributed by atoms with Crippen molar-refractivity contribution in [2.45, 2.75) is 52.1 Å². The molecule has 0 saturated carbocycles. The Balaban J connectivity index is 1.64. The van der Waals surface area contributed by atoms with Gasteiger partial charge in [-0.15, -0.1) is 10.2 Å². The predicted molar refractivity (Wildman–Crippen MR) is 108 cm³/mol. The molecule has 0 N–H and O–H groups in total. The molecule has 1 aliphatic rings. The Hall–Kier alpha value is -1.93. The van der Waals surface area contributed by atoms with Crippen molar-refractivity contribution in [3.05, 3.63) is 30.2 Å². The summed E-state index contributed by atoms with van der Waals surface area (Å²) in [7, 11) is -2.92. The van der Waals surface area contributed by atoms with Crippen LogP contribution in [-0.2, 0) is 16.4 Å². The summed E-state index contributed by atoms with van der Waals surface area (Å²) in [6.07, 6.45) is 3.75. The van der Waals surface area contributed by atoms with Crippen molar-refractivity contribution in [2.75, 3.05) is 24.7 Å². The highest BCUT2D eigenvalue weighted by Crippen LogP contribution is 2.24. The fourth-order valence-corrected chi connectivity index (χ4v) is 5.14. The van der Waals surface area contributed by atoms with Crippen LogP contribution in [0.4, 0.5) is 0 Å². The molecule has 1 aliphatic heterocycles. The molecule has 28 heavy (non-hydrogen) atoms. The first-order chi connectivity index (χ1) is 13.5. The lowest BCUT2D eigenvalue weighted by molar-refractivity contribution is 0.185. The lowest BCUT2D eigenvalue weighted by Crippen LogP contribution is -2.36. The normalized spacial score (nSPS) is 18.6. The first-order valence-corrected chi connectivity index (χ1v) is 11.8. The summed E-state index contributed by atoms with van der Waals surface area (Å²) in [4.78, 5) is 2.15. The van der Waals surface area contributed by atoms with Gasteiger partial charge >= 0.3 is 0 Å². The minimum Gasteiger partial charge on any atom is -0.494 e. The van der Waals surface area contributed by atoms with Crippen molar-refractivity contribution in [1.29, 1.82) is 0 Å². The minimum absolute atomic E-state index is 0.0276. The maximum Gasteiger partial charge on any atom is 0.247 e. The third kappa shape index (κ3) is 5.54. The van der Waals surface area contributed by atoms with Gasteiger partial charge < -0.3 is 9.15 Å². The number of benzene rings is 1. The van der Waals surface area contributed by atoms with Gasteiger partial charge in [0.1, 0.15) is 5.75 Å². The van der Waals surface area contributed by atoms with Gasteiger partial charge in [0.25, 0.3) is 0 Å². The van der Waals surface area contributed by atoms with Gasteiger partial charge in [-0.1, -0.05) is 20.3 Å². The molecule has 1 aromatic carbocycles. The van der Waals surface area contributed by atoms with Gasteiger partial charge in [0, 0.05) is 11.6 Å². The Bertz CT molecular complexity index is 849. The molecular formula is C20H29N3O4S. The summed E-state index contributed by atoms with van der Waals surface area (Å²) in [6, 6.07) is 7.65. The molecule has 0 spiro atoms. The van der Waals surface area contributed by atoms with Crippen molar-refractivity contribution >= 4 is 9.84 Å². The van der Waals surface area contributed by atoms with Gasteiger partial charge in [0.2, 0.25) is 11.8 Å². The van der Waals surface area contributed by atoms with Crippen molar-refractivity contribution in [3.8, 4) is 17.2 Å². The van der Waals surface area contributed by atoms with Crippen LogP contribution in [0.25, 0.3) is 11.5 Å². The van der Waals surface area contributed by atoms with E-state index in [4.69, 9.17) is 9.15 Å². The molecule has 1 atom stereocenters. The van der Waals surface area contributed by atoms with E-state index in [1.807, 2.05) is 24.3 Å². The predicted octanol–water partition coefficient (Wildman–Crippen LogP) is 3.31. The number of hydrogen-bond acceptors (Lipinski definition) is 7. The molecule has 0 radical (unpaired) electrons. The highest BCUT2D eigenvalue weighted by atomic mass is 32.2. The van der Waals surface area contributed by atoms with E-state index in [-0.39, 0.29) is 17.5 Å². The zero-order chi connectivity index (χ0) is 20.0. The third-order valence-electron chi connectivity index (χ3n) is 4.91. The topological polar surface area (TPSA) is 85.5 Å². The van der Waals surface area contributed by atoms with Crippen LogP contribution in [0.2, 0.25) is 0 Å². The summed E-state index contributed by atoms with van der Waals surface area (Å²) in [5.74, 6) is 2.28. The molecule has 2 heterocycles. The zero-order valence-electron chi connectivity index (χ0n) is 16.6. The molecule has 0 aliphatic carbocycles. The molecule has 1 fully saturated rings. The van der Waals surface area contributed by atoms with Crippen molar-refractivity contribution in [1.82, 2.24) is 15.1 Å². The number of sulfone groups is 1. The highest BCUT2D eigenvalue weighted by Gasteiger charge is 2.32. The molecule has 7 nitrogen and oxygen atoms in total. The Morgan fingerprint density at radius 2 is 1.96 bits per heavy atom. The third-order valence-corrected chi connectivity index (χ3v) is 6.66. The van der Waals surface area contributed by atoms with Crippen molar-refractivity contribution in [3.63, 3.8) is 0 Å². The first kappa shape index (κ1) is 20.8. The SMILES string of the molecule is CCCCOc1ccc(-c2nnc(CN(CCC)[C@@H]3CCS(=O)(=O)C3)o2)cc1. The minimum atomic E-state index is -2.92. The van der Waals surface area contributed by atoms with E-state index in [9.17, 15) is 8.42 Å². The number of rotatable bonds is 10. The molecule has 1 aromatic heterocycles. The van der Waals surface area contributed by atoms with Gasteiger partial charge in [-0.2, -0.15) is 0 Å². The second-order valence-corrected chi connectivity index (χ2v) is 9.48. The Morgan fingerprint density at radius 1 is 1.18 bits per heavy atom. The van der Waals surface area contributed by atoms with Gasteiger partial charge in [-0.05, 0) is 50.1 Å². The molecule has 2 aromatic rings. The number of unbranched alkanes of at least 4 members (excludes halogenated alkanes) is 1. The standard InChI is InChI=1S/C20H29N3O4S/c1-3-5-12-26-18-8-6-16(7-9-18)20-22-21-19(27-20)14-23(11-4-2)17-10-13-28(24,25)15-17/h6-9,17H,3-5,10-15H2,1-2H3/t17-/m1/s1. The molecule has 8 heteroatoms. The average molecular weight is 408 g/mol. The second-order valence-electron chi connectivity index (χ2n) is 7.25. The molecule has 3 rings (SSSR count). The quantitative estimate of drug-likeness (QED) is 0.559. The van der Waals surface area contributed by atoms with E-state index >= 15 is 0 Å². The van der Waals surface area contributed by atoms with E-state index in [0.29, 0.717) is 31.4 Å². The van der Waals surface area contributed by atoms with Crippen LogP contribution < -0.4 is 4.74 Å². The summed E-state index contributed by atoms with van der Waals surface area (Å²) >= 11 is 0. The molecule has 154 valence electrons. The van der Waals surface area contributed by atoms with Crippen molar-refractivity contribution in [2.24, 2.45) is 0 Å². The van der Waals surface area contributed by atoms with E-state index in [2.05, 4.69) is 28.9 Å². The molecule has 0 unspecified atom stereocenters. The van der Waals surface area contributed by atoms with E-state index in [1.54, 1.807) is 0 Å². The number of ether oxygens (including phenoxy) is 1. The summed E-state index contributed by atoms with van der Waals surface area (Å²) in [6.45, 7) is 6.21. The Kier molecular flexibility index (Phi) is 7.07. The van der Waals surface area contributed by atoms with Gasteiger partial charge in [-0.25, -0.2) is 8.42 Å². The maximum absolute atomic E-state index is 11.8. The molecular weight excluding hydrogens is 378 g/mol. The van der Waals surface area contributed by atoms with Crippen LogP contribution in [0.3, 0.4) is 0 Å². The van der Waals surface area contributed by atoms with E-state index in [1.165, 1.54) is 0 Å². The van der Waals surface area contributed by atoms with E-state index in [0.717, 1.165) is 37.1 Å². The van der Waals surface area contributed by atoms with Gasteiger partial charge in [0.05, 0.1) is 24.7 Å². The molecule has 0 amide bonds. The van der Waals surface area contributed by atoms with Crippen LogP contribution in [0.5, 0.6) is 5.75 Å². The highest BCUT2D eigenvalue weighted by molar-refractivity contribution is 7.91. The molecule has 1 saturated heterocycles. The number of aromatic nitrogens is 2. The lowest BCUT2D eigenvalue weighted by atomic mass is 10.2.